The highest BCUT2D eigenvalue weighted by atomic mass is 19.1. The van der Waals surface area contributed by atoms with Gasteiger partial charge in [0.05, 0.1) is 0 Å². The second-order valence-electron chi connectivity index (χ2n) is 6.30. The third-order valence-electron chi connectivity index (χ3n) is 4.78. The van der Waals surface area contributed by atoms with Crippen LogP contribution in [0.2, 0.25) is 0 Å². The largest absolute Gasteiger partial charge is 0.359 e. The van der Waals surface area contributed by atoms with Gasteiger partial charge in [0, 0.05) is 25.1 Å². The highest BCUT2D eigenvalue weighted by Crippen LogP contribution is 2.28. The topological polar surface area (TPSA) is 32.3 Å². The van der Waals surface area contributed by atoms with Gasteiger partial charge in [-0.1, -0.05) is 42.5 Å². The lowest BCUT2D eigenvalue weighted by Crippen LogP contribution is -2.39. The van der Waals surface area contributed by atoms with Crippen LogP contribution >= 0.6 is 0 Å². The Kier molecular flexibility index (Phi) is 5.26. The number of likely N-dealkylation sites (tertiary alicyclic amines) is 1. The Morgan fingerprint density at radius 2 is 1.71 bits per heavy atom. The minimum atomic E-state index is -0.191. The molecule has 1 aliphatic heterocycles. The van der Waals surface area contributed by atoms with Crippen LogP contribution in [0, 0.1) is 11.7 Å². The summed E-state index contributed by atoms with van der Waals surface area (Å²) in [6.45, 7) is 2.57. The Hall–Kier alpha value is -2.20. The Labute approximate surface area is 142 Å². The summed E-state index contributed by atoms with van der Waals surface area (Å²) >= 11 is 0. The monoisotopic (exact) mass is 326 g/mol. The van der Waals surface area contributed by atoms with E-state index >= 15 is 0 Å². The second kappa shape index (κ2) is 7.58. The molecule has 1 N–H and O–H groups in total. The van der Waals surface area contributed by atoms with Crippen LogP contribution in [0.4, 0.5) is 4.39 Å². The molecule has 0 bridgehead atoms. The highest BCUT2D eigenvalue weighted by Gasteiger charge is 2.24. The van der Waals surface area contributed by atoms with Gasteiger partial charge in [0.1, 0.15) is 5.82 Å². The van der Waals surface area contributed by atoms with E-state index in [0.717, 1.165) is 43.6 Å². The second-order valence-corrected chi connectivity index (χ2v) is 6.30. The van der Waals surface area contributed by atoms with Crippen molar-refractivity contribution in [1.82, 2.24) is 10.2 Å². The van der Waals surface area contributed by atoms with E-state index < -0.39 is 0 Å². The number of carbonyl (C=O) groups excluding carboxylic acids is 1. The summed E-state index contributed by atoms with van der Waals surface area (Å²) in [5.74, 6) is 0.0674. The summed E-state index contributed by atoms with van der Waals surface area (Å²) in [6.07, 6.45) is 1.75. The molecule has 4 heteroatoms. The molecule has 0 spiro atoms. The quantitative estimate of drug-likeness (QED) is 0.933. The van der Waals surface area contributed by atoms with Crippen molar-refractivity contribution in [3.63, 3.8) is 0 Å². The molecular weight excluding hydrogens is 303 g/mol. The van der Waals surface area contributed by atoms with Gasteiger partial charge in [0.25, 0.3) is 0 Å². The predicted octanol–water partition coefficient (Wildman–Crippen LogP) is 3.45. The number of nitrogens with one attached hydrogen (secondary N) is 1. The van der Waals surface area contributed by atoms with E-state index in [1.54, 1.807) is 13.1 Å². The van der Waals surface area contributed by atoms with Gasteiger partial charge in [-0.15, -0.1) is 0 Å². The number of rotatable bonds is 4. The number of hydrogen-bond acceptors (Lipinski definition) is 2. The van der Waals surface area contributed by atoms with Gasteiger partial charge >= 0.3 is 0 Å². The van der Waals surface area contributed by atoms with Crippen LogP contribution in [0.3, 0.4) is 0 Å². The molecular formula is C20H23FN2O. The standard InChI is InChI=1S/C20H23FN2O/c1-22-20(24)15-10-12-23(13-11-15)14-16-6-2-3-7-17(16)18-8-4-5-9-19(18)21/h2-9,15H,10-14H2,1H3,(H,22,24). The van der Waals surface area contributed by atoms with Crippen molar-refractivity contribution in [2.24, 2.45) is 5.92 Å². The molecule has 126 valence electrons. The molecule has 1 aliphatic rings. The molecule has 0 saturated carbocycles. The Balaban J connectivity index is 1.73. The molecule has 1 heterocycles. The highest BCUT2D eigenvalue weighted by molar-refractivity contribution is 5.78. The zero-order valence-corrected chi connectivity index (χ0v) is 14.0. The molecule has 0 aliphatic carbocycles. The lowest BCUT2D eigenvalue weighted by molar-refractivity contribution is -0.125. The van der Waals surface area contributed by atoms with Crippen LogP contribution in [0.1, 0.15) is 18.4 Å². The van der Waals surface area contributed by atoms with Crippen LogP contribution in [-0.4, -0.2) is 30.9 Å². The fourth-order valence-corrected chi connectivity index (χ4v) is 3.40. The third-order valence-corrected chi connectivity index (χ3v) is 4.78. The Morgan fingerprint density at radius 3 is 2.38 bits per heavy atom. The molecule has 1 fully saturated rings. The van der Waals surface area contributed by atoms with Gasteiger partial charge in [-0.3, -0.25) is 9.69 Å². The minimum Gasteiger partial charge on any atom is -0.359 e. The number of benzene rings is 2. The van der Waals surface area contributed by atoms with Crippen molar-refractivity contribution in [2.45, 2.75) is 19.4 Å². The van der Waals surface area contributed by atoms with Crippen LogP contribution in [0.15, 0.2) is 48.5 Å². The number of amides is 1. The minimum absolute atomic E-state index is 0.119. The van der Waals surface area contributed by atoms with E-state index in [1.807, 2.05) is 30.3 Å². The van der Waals surface area contributed by atoms with Crippen molar-refractivity contribution in [2.75, 3.05) is 20.1 Å². The van der Waals surface area contributed by atoms with E-state index in [0.29, 0.717) is 5.56 Å². The van der Waals surface area contributed by atoms with E-state index in [-0.39, 0.29) is 17.6 Å². The SMILES string of the molecule is CNC(=O)C1CCN(Cc2ccccc2-c2ccccc2F)CC1. The molecule has 0 radical (unpaired) electrons. The van der Waals surface area contributed by atoms with E-state index in [4.69, 9.17) is 0 Å². The Morgan fingerprint density at radius 1 is 1.08 bits per heavy atom. The molecule has 0 unspecified atom stereocenters. The van der Waals surface area contributed by atoms with Crippen molar-refractivity contribution >= 4 is 5.91 Å². The first kappa shape index (κ1) is 16.7. The molecule has 3 rings (SSSR count). The molecule has 2 aromatic carbocycles. The summed E-state index contributed by atoms with van der Waals surface area (Å²) in [7, 11) is 1.69. The third kappa shape index (κ3) is 3.65. The Bertz CT molecular complexity index is 708. The maximum absolute atomic E-state index is 14.2. The molecule has 1 amide bonds. The van der Waals surface area contributed by atoms with Crippen molar-refractivity contribution in [3.05, 3.63) is 59.9 Å². The summed E-state index contributed by atoms with van der Waals surface area (Å²) in [4.78, 5) is 14.1. The van der Waals surface area contributed by atoms with E-state index in [2.05, 4.69) is 16.3 Å². The van der Waals surface area contributed by atoms with Gasteiger partial charge in [0.15, 0.2) is 0 Å². The van der Waals surface area contributed by atoms with Gasteiger partial charge in [-0.25, -0.2) is 4.39 Å². The molecule has 0 aromatic heterocycles. The number of carbonyl (C=O) groups is 1. The van der Waals surface area contributed by atoms with Gasteiger partial charge in [0.2, 0.25) is 5.91 Å². The fraction of sp³-hybridized carbons (Fsp3) is 0.350. The maximum atomic E-state index is 14.2. The average molecular weight is 326 g/mol. The summed E-state index contributed by atoms with van der Waals surface area (Å²) < 4.78 is 14.2. The number of piperidine rings is 1. The number of halogens is 1. The molecule has 0 atom stereocenters. The van der Waals surface area contributed by atoms with Crippen LogP contribution in [0.25, 0.3) is 11.1 Å². The summed E-state index contributed by atoms with van der Waals surface area (Å²) in [5, 5.41) is 2.74. The van der Waals surface area contributed by atoms with Crippen LogP contribution in [0.5, 0.6) is 0 Å². The van der Waals surface area contributed by atoms with Gasteiger partial charge in [-0.05, 0) is 43.1 Å². The summed E-state index contributed by atoms with van der Waals surface area (Å²) in [6, 6.07) is 14.9. The van der Waals surface area contributed by atoms with E-state index in [1.165, 1.54) is 6.07 Å². The first-order valence-electron chi connectivity index (χ1n) is 8.46. The number of nitrogens with zero attached hydrogens (tertiary/aromatic N) is 1. The van der Waals surface area contributed by atoms with Gasteiger partial charge < -0.3 is 5.32 Å². The molecule has 24 heavy (non-hydrogen) atoms. The predicted molar refractivity (Wildman–Crippen MR) is 93.9 cm³/mol. The van der Waals surface area contributed by atoms with Crippen LogP contribution < -0.4 is 5.32 Å². The maximum Gasteiger partial charge on any atom is 0.222 e. The van der Waals surface area contributed by atoms with E-state index in [9.17, 15) is 9.18 Å². The lowest BCUT2D eigenvalue weighted by Gasteiger charge is -2.31. The van der Waals surface area contributed by atoms with Crippen LogP contribution in [-0.2, 0) is 11.3 Å². The normalized spacial score (nSPS) is 16.1. The molecule has 2 aromatic rings. The zero-order valence-electron chi connectivity index (χ0n) is 14.0. The first-order valence-corrected chi connectivity index (χ1v) is 8.46. The number of hydrogen-bond donors (Lipinski definition) is 1. The van der Waals surface area contributed by atoms with Crippen molar-refractivity contribution in [1.29, 1.82) is 0 Å². The van der Waals surface area contributed by atoms with Gasteiger partial charge in [-0.2, -0.15) is 0 Å². The fourth-order valence-electron chi connectivity index (χ4n) is 3.40. The molecule has 1 saturated heterocycles. The lowest BCUT2D eigenvalue weighted by atomic mass is 9.94. The van der Waals surface area contributed by atoms with Crippen molar-refractivity contribution < 1.29 is 9.18 Å². The molecule has 3 nitrogen and oxygen atoms in total. The first-order chi connectivity index (χ1) is 11.7. The smallest absolute Gasteiger partial charge is 0.222 e. The summed E-state index contributed by atoms with van der Waals surface area (Å²) in [5.41, 5.74) is 2.72. The van der Waals surface area contributed by atoms with Crippen molar-refractivity contribution in [3.8, 4) is 11.1 Å². The zero-order chi connectivity index (χ0) is 16.9. The average Bonchev–Trinajstić information content (AvgIpc) is 2.63.